The fourth-order valence-corrected chi connectivity index (χ4v) is 2.78. The van der Waals surface area contributed by atoms with Gasteiger partial charge >= 0.3 is 0 Å². The second kappa shape index (κ2) is 5.03. The van der Waals surface area contributed by atoms with Crippen molar-refractivity contribution >= 4 is 16.9 Å². The summed E-state index contributed by atoms with van der Waals surface area (Å²) in [5, 5.41) is 15.1. The highest BCUT2D eigenvalue weighted by atomic mass is 16.3. The quantitative estimate of drug-likeness (QED) is 0.866. The third kappa shape index (κ3) is 2.14. The minimum absolute atomic E-state index is 0.0128. The summed E-state index contributed by atoms with van der Waals surface area (Å²) in [4.78, 5) is 9.33. The van der Waals surface area contributed by atoms with E-state index in [2.05, 4.69) is 21.9 Å². The van der Waals surface area contributed by atoms with E-state index in [-0.39, 0.29) is 6.61 Å². The van der Waals surface area contributed by atoms with Gasteiger partial charge in [-0.05, 0) is 20.0 Å². The van der Waals surface area contributed by atoms with Gasteiger partial charge in [-0.25, -0.2) is 4.98 Å². The molecule has 0 amide bonds. The Labute approximate surface area is 118 Å². The molecule has 1 N–H and O–H groups in total. The number of piperazine rings is 1. The van der Waals surface area contributed by atoms with Crippen molar-refractivity contribution in [3.8, 4) is 0 Å². The summed E-state index contributed by atoms with van der Waals surface area (Å²) in [6.45, 7) is 5.92. The third-order valence-corrected chi connectivity index (χ3v) is 4.03. The maximum Gasteiger partial charge on any atom is 0.160 e. The van der Waals surface area contributed by atoms with Gasteiger partial charge in [-0.1, -0.05) is 0 Å². The number of nitrogens with zero attached hydrogens (tertiary/aromatic N) is 5. The van der Waals surface area contributed by atoms with E-state index in [1.54, 1.807) is 0 Å². The molecule has 1 fully saturated rings. The molecule has 1 aliphatic heterocycles. The number of aliphatic hydroxyl groups excluding tert-OH is 1. The average molecular weight is 275 g/mol. The highest BCUT2D eigenvalue weighted by Gasteiger charge is 2.20. The first-order valence-corrected chi connectivity index (χ1v) is 6.97. The lowest BCUT2D eigenvalue weighted by molar-refractivity contribution is 0.279. The molecule has 0 bridgehead atoms. The minimum atomic E-state index is 0.0128. The largest absolute Gasteiger partial charge is 0.392 e. The first kappa shape index (κ1) is 13.3. The minimum Gasteiger partial charge on any atom is -0.392 e. The smallest absolute Gasteiger partial charge is 0.160 e. The molecule has 3 heterocycles. The first-order chi connectivity index (χ1) is 9.60. The van der Waals surface area contributed by atoms with Crippen molar-refractivity contribution in [3.63, 3.8) is 0 Å². The van der Waals surface area contributed by atoms with Crippen LogP contribution in [0.4, 0.5) is 5.82 Å². The van der Waals surface area contributed by atoms with Gasteiger partial charge in [-0.15, -0.1) is 0 Å². The zero-order valence-corrected chi connectivity index (χ0v) is 12.3. The van der Waals surface area contributed by atoms with Crippen molar-refractivity contribution in [1.29, 1.82) is 0 Å². The SMILES string of the molecule is Cc1nn(C)c2nc(N3CCN(C)CC3)c(CO)cc12. The lowest BCUT2D eigenvalue weighted by Crippen LogP contribution is -2.45. The molecule has 3 rings (SSSR count). The van der Waals surface area contributed by atoms with Crippen molar-refractivity contribution in [2.45, 2.75) is 13.5 Å². The molecule has 0 atom stereocenters. The molecular formula is C14H21N5O. The predicted molar refractivity (Wildman–Crippen MR) is 78.9 cm³/mol. The normalized spacial score (nSPS) is 17.1. The Bertz CT molecular complexity index is 628. The first-order valence-electron chi connectivity index (χ1n) is 6.97. The Hall–Kier alpha value is -1.66. The summed E-state index contributed by atoms with van der Waals surface area (Å²) in [6.07, 6.45) is 0. The second-order valence-electron chi connectivity index (χ2n) is 5.50. The number of aryl methyl sites for hydroxylation is 2. The van der Waals surface area contributed by atoms with E-state index in [1.165, 1.54) is 0 Å². The molecule has 0 radical (unpaired) electrons. The third-order valence-electron chi connectivity index (χ3n) is 4.03. The van der Waals surface area contributed by atoms with Crippen molar-refractivity contribution in [2.24, 2.45) is 7.05 Å². The van der Waals surface area contributed by atoms with Gasteiger partial charge in [0.15, 0.2) is 5.65 Å². The van der Waals surface area contributed by atoms with Crippen molar-refractivity contribution < 1.29 is 5.11 Å². The molecule has 2 aromatic rings. The molecule has 0 saturated carbocycles. The number of aliphatic hydroxyl groups is 1. The highest BCUT2D eigenvalue weighted by Crippen LogP contribution is 2.26. The van der Waals surface area contributed by atoms with Gasteiger partial charge in [-0.3, -0.25) is 4.68 Å². The molecule has 0 aliphatic carbocycles. The Morgan fingerprint density at radius 3 is 2.55 bits per heavy atom. The number of anilines is 1. The molecule has 0 aromatic carbocycles. The van der Waals surface area contributed by atoms with Crippen LogP contribution in [0.5, 0.6) is 0 Å². The molecule has 2 aromatic heterocycles. The van der Waals surface area contributed by atoms with E-state index in [9.17, 15) is 5.11 Å². The molecule has 1 aliphatic rings. The number of pyridine rings is 1. The monoisotopic (exact) mass is 275 g/mol. The molecule has 6 nitrogen and oxygen atoms in total. The van der Waals surface area contributed by atoms with Crippen LogP contribution in [0.2, 0.25) is 0 Å². The van der Waals surface area contributed by atoms with Gasteiger partial charge in [0.05, 0.1) is 12.3 Å². The molecule has 0 unspecified atom stereocenters. The average Bonchev–Trinajstić information content (AvgIpc) is 2.73. The van der Waals surface area contributed by atoms with E-state index in [4.69, 9.17) is 4.98 Å². The van der Waals surface area contributed by atoms with Gasteiger partial charge in [0.25, 0.3) is 0 Å². The van der Waals surface area contributed by atoms with Gasteiger partial charge in [0, 0.05) is 44.2 Å². The summed E-state index contributed by atoms with van der Waals surface area (Å²) in [5.74, 6) is 0.899. The summed E-state index contributed by atoms with van der Waals surface area (Å²) in [6, 6.07) is 2.03. The molecule has 0 spiro atoms. The lowest BCUT2D eigenvalue weighted by Gasteiger charge is -2.34. The van der Waals surface area contributed by atoms with E-state index < -0.39 is 0 Å². The Morgan fingerprint density at radius 2 is 1.90 bits per heavy atom. The maximum absolute atomic E-state index is 9.65. The zero-order chi connectivity index (χ0) is 14.3. The van der Waals surface area contributed by atoms with Crippen molar-refractivity contribution in [3.05, 3.63) is 17.3 Å². The number of aromatic nitrogens is 3. The van der Waals surface area contributed by atoms with Crippen LogP contribution in [0.25, 0.3) is 11.0 Å². The van der Waals surface area contributed by atoms with Gasteiger partial charge < -0.3 is 14.9 Å². The standard InChI is InChI=1S/C14H21N5O/c1-10-12-8-11(9-20)13(15-14(12)18(3)16-10)19-6-4-17(2)5-7-19/h8,20H,4-7,9H2,1-3H3. The fraction of sp³-hybridized carbons (Fsp3) is 0.571. The Morgan fingerprint density at radius 1 is 1.20 bits per heavy atom. The van der Waals surface area contributed by atoms with Crippen LogP contribution in [0.1, 0.15) is 11.3 Å². The second-order valence-corrected chi connectivity index (χ2v) is 5.50. The number of rotatable bonds is 2. The number of hydrogen-bond acceptors (Lipinski definition) is 5. The van der Waals surface area contributed by atoms with Crippen LogP contribution >= 0.6 is 0 Å². The van der Waals surface area contributed by atoms with Crippen LogP contribution in [-0.2, 0) is 13.7 Å². The van der Waals surface area contributed by atoms with Gasteiger partial charge in [0.1, 0.15) is 5.82 Å². The van der Waals surface area contributed by atoms with Gasteiger partial charge in [0.2, 0.25) is 0 Å². The van der Waals surface area contributed by atoms with E-state index in [1.807, 2.05) is 24.7 Å². The summed E-state index contributed by atoms with van der Waals surface area (Å²) >= 11 is 0. The summed E-state index contributed by atoms with van der Waals surface area (Å²) < 4.78 is 1.81. The van der Waals surface area contributed by atoms with Crippen LogP contribution in [0.15, 0.2) is 6.07 Å². The molecule has 1 saturated heterocycles. The van der Waals surface area contributed by atoms with Crippen LogP contribution in [0, 0.1) is 6.92 Å². The Balaban J connectivity index is 2.07. The molecule has 20 heavy (non-hydrogen) atoms. The predicted octanol–water partition coefficient (Wildman–Crippen LogP) is 0.521. The molecule has 108 valence electrons. The highest BCUT2D eigenvalue weighted by molar-refractivity contribution is 5.81. The number of hydrogen-bond donors (Lipinski definition) is 1. The lowest BCUT2D eigenvalue weighted by atomic mass is 10.1. The van der Waals surface area contributed by atoms with Crippen molar-refractivity contribution in [1.82, 2.24) is 19.7 Å². The number of likely N-dealkylation sites (N-methyl/N-ethyl adjacent to an activating group) is 1. The summed E-state index contributed by atoms with van der Waals surface area (Å²) in [7, 11) is 4.04. The van der Waals surface area contributed by atoms with E-state index in [0.29, 0.717) is 0 Å². The maximum atomic E-state index is 9.65. The zero-order valence-electron chi connectivity index (χ0n) is 12.3. The van der Waals surface area contributed by atoms with E-state index >= 15 is 0 Å². The fourth-order valence-electron chi connectivity index (χ4n) is 2.78. The topological polar surface area (TPSA) is 57.4 Å². The van der Waals surface area contributed by atoms with Crippen LogP contribution < -0.4 is 4.90 Å². The van der Waals surface area contributed by atoms with Crippen molar-refractivity contribution in [2.75, 3.05) is 38.1 Å². The summed E-state index contributed by atoms with van der Waals surface area (Å²) in [5.41, 5.74) is 2.72. The van der Waals surface area contributed by atoms with Crippen LogP contribution in [0.3, 0.4) is 0 Å². The van der Waals surface area contributed by atoms with Gasteiger partial charge in [-0.2, -0.15) is 5.10 Å². The molecular weight excluding hydrogens is 254 g/mol. The number of fused-ring (bicyclic) bond motifs is 1. The van der Waals surface area contributed by atoms with Crippen LogP contribution in [-0.4, -0.2) is 58.0 Å². The Kier molecular flexibility index (Phi) is 3.35. The van der Waals surface area contributed by atoms with E-state index in [0.717, 1.165) is 54.3 Å². The molecule has 6 heteroatoms.